The van der Waals surface area contributed by atoms with Crippen LogP contribution in [0.1, 0.15) is 30.0 Å². The van der Waals surface area contributed by atoms with Crippen LogP contribution < -0.4 is 11.3 Å². The summed E-state index contributed by atoms with van der Waals surface area (Å²) in [5.74, 6) is 4.74. The Morgan fingerprint density at radius 2 is 2.43 bits per heavy atom. The molecule has 1 aromatic heterocycles. The first kappa shape index (κ1) is 10.7. The maximum atomic E-state index is 11.2. The second-order valence-corrected chi connectivity index (χ2v) is 3.11. The molecule has 0 aromatic carbocycles. The van der Waals surface area contributed by atoms with E-state index in [1.807, 2.05) is 19.3 Å². The van der Waals surface area contributed by atoms with Crippen molar-refractivity contribution in [3.05, 3.63) is 23.7 Å². The van der Waals surface area contributed by atoms with Gasteiger partial charge < -0.3 is 9.15 Å². The topological polar surface area (TPSA) is 77.5 Å². The third-order valence-electron chi connectivity index (χ3n) is 1.66. The smallest absolute Gasteiger partial charge is 0.301 e. The van der Waals surface area contributed by atoms with Crippen molar-refractivity contribution in [1.82, 2.24) is 5.43 Å². The molecule has 78 valence electrons. The average molecular weight is 198 g/mol. The number of hydrazine groups is 1. The van der Waals surface area contributed by atoms with Crippen molar-refractivity contribution in [2.45, 2.75) is 26.6 Å². The van der Waals surface area contributed by atoms with Gasteiger partial charge in [0.2, 0.25) is 0 Å². The summed E-state index contributed by atoms with van der Waals surface area (Å²) in [6.45, 7) is 4.18. The molecule has 0 radical (unpaired) electrons. The molecule has 1 amide bonds. The van der Waals surface area contributed by atoms with Crippen LogP contribution in [0.3, 0.4) is 0 Å². The van der Waals surface area contributed by atoms with Crippen LogP contribution in [0.5, 0.6) is 0 Å². The molecule has 5 nitrogen and oxygen atoms in total. The number of furan rings is 1. The molecule has 0 unspecified atom stereocenters. The highest BCUT2D eigenvalue weighted by atomic mass is 16.5. The largest absolute Gasteiger partial charge is 0.459 e. The number of nitrogens with one attached hydrogen (secondary N) is 1. The molecule has 0 saturated heterocycles. The summed E-state index contributed by atoms with van der Waals surface area (Å²) >= 11 is 0. The zero-order valence-corrected chi connectivity index (χ0v) is 8.24. The number of carbonyl (C=O) groups is 1. The molecule has 0 atom stereocenters. The van der Waals surface area contributed by atoms with Gasteiger partial charge in [-0.05, 0) is 19.9 Å². The summed E-state index contributed by atoms with van der Waals surface area (Å²) in [5, 5.41) is 0. The van der Waals surface area contributed by atoms with Crippen LogP contribution in [0, 0.1) is 0 Å². The Labute approximate surface area is 82.2 Å². The quantitative estimate of drug-likeness (QED) is 0.426. The number of rotatable bonds is 4. The first-order chi connectivity index (χ1) is 6.65. The minimum atomic E-state index is -0.447. The lowest BCUT2D eigenvalue weighted by Gasteiger charge is -2.06. The minimum absolute atomic E-state index is 0.110. The van der Waals surface area contributed by atoms with Gasteiger partial charge >= 0.3 is 5.91 Å². The summed E-state index contributed by atoms with van der Waals surface area (Å²) in [6.07, 6.45) is 1.54. The van der Waals surface area contributed by atoms with Crippen LogP contribution in [-0.2, 0) is 11.3 Å². The van der Waals surface area contributed by atoms with E-state index >= 15 is 0 Å². The molecule has 0 aliphatic heterocycles. The van der Waals surface area contributed by atoms with Crippen molar-refractivity contribution >= 4 is 5.91 Å². The average Bonchev–Trinajstić information content (AvgIpc) is 2.61. The predicted octanol–water partition coefficient (Wildman–Crippen LogP) is 0.808. The molecule has 0 bridgehead atoms. The van der Waals surface area contributed by atoms with E-state index < -0.39 is 5.91 Å². The number of carbonyl (C=O) groups excluding carboxylic acids is 1. The molecule has 3 N–H and O–H groups in total. The van der Waals surface area contributed by atoms with E-state index in [0.29, 0.717) is 12.2 Å². The van der Waals surface area contributed by atoms with E-state index in [4.69, 9.17) is 15.0 Å². The Bertz CT molecular complexity index is 307. The number of amides is 1. The third-order valence-corrected chi connectivity index (χ3v) is 1.66. The van der Waals surface area contributed by atoms with Crippen LogP contribution in [-0.4, -0.2) is 12.0 Å². The molecule has 0 saturated carbocycles. The second kappa shape index (κ2) is 4.78. The van der Waals surface area contributed by atoms with Gasteiger partial charge in [0.15, 0.2) is 5.76 Å². The predicted molar refractivity (Wildman–Crippen MR) is 50.3 cm³/mol. The lowest BCUT2D eigenvalue weighted by atomic mass is 10.2. The first-order valence-electron chi connectivity index (χ1n) is 4.34. The van der Waals surface area contributed by atoms with E-state index in [1.165, 1.54) is 6.26 Å². The van der Waals surface area contributed by atoms with Gasteiger partial charge in [-0.3, -0.25) is 10.2 Å². The van der Waals surface area contributed by atoms with Gasteiger partial charge in [0.05, 0.1) is 19.0 Å². The zero-order chi connectivity index (χ0) is 10.6. The fraction of sp³-hybridized carbons (Fsp3) is 0.444. The van der Waals surface area contributed by atoms with Gasteiger partial charge in [0.25, 0.3) is 0 Å². The Kier molecular flexibility index (Phi) is 3.67. The molecule has 0 aliphatic rings. The molecular weight excluding hydrogens is 184 g/mol. The molecule has 5 heteroatoms. The maximum Gasteiger partial charge on any atom is 0.301 e. The molecule has 1 aromatic rings. The molecule has 0 spiro atoms. The van der Waals surface area contributed by atoms with E-state index in [-0.39, 0.29) is 11.9 Å². The van der Waals surface area contributed by atoms with Crippen LogP contribution >= 0.6 is 0 Å². The normalized spacial score (nSPS) is 10.6. The SMILES string of the molecule is CC(C)OCc1ccoc1C(=O)NN. The third kappa shape index (κ3) is 2.58. The highest BCUT2D eigenvalue weighted by molar-refractivity contribution is 5.92. The lowest BCUT2D eigenvalue weighted by molar-refractivity contribution is 0.0638. The van der Waals surface area contributed by atoms with Crippen LogP contribution in [0.15, 0.2) is 16.7 Å². The van der Waals surface area contributed by atoms with E-state index in [9.17, 15) is 4.79 Å². The van der Waals surface area contributed by atoms with Gasteiger partial charge in [-0.15, -0.1) is 0 Å². The number of hydrogen-bond donors (Lipinski definition) is 2. The fourth-order valence-electron chi connectivity index (χ4n) is 0.971. The minimum Gasteiger partial charge on any atom is -0.459 e. The molecule has 0 fully saturated rings. The van der Waals surface area contributed by atoms with Crippen molar-refractivity contribution < 1.29 is 13.9 Å². The number of nitrogens with two attached hydrogens (primary N) is 1. The Morgan fingerprint density at radius 1 is 1.71 bits per heavy atom. The zero-order valence-electron chi connectivity index (χ0n) is 8.24. The molecular formula is C9H14N2O3. The Hall–Kier alpha value is -1.33. The monoisotopic (exact) mass is 198 g/mol. The second-order valence-electron chi connectivity index (χ2n) is 3.11. The standard InChI is InChI=1S/C9H14N2O3/c1-6(2)14-5-7-3-4-13-8(7)9(12)11-10/h3-4,6H,5,10H2,1-2H3,(H,11,12). The van der Waals surface area contributed by atoms with Crippen LogP contribution in [0.2, 0.25) is 0 Å². The Balaban J connectivity index is 2.67. The lowest BCUT2D eigenvalue weighted by Crippen LogP contribution is -2.30. The van der Waals surface area contributed by atoms with Crippen molar-refractivity contribution in [1.29, 1.82) is 0 Å². The van der Waals surface area contributed by atoms with Gasteiger partial charge in [-0.1, -0.05) is 0 Å². The summed E-state index contributed by atoms with van der Waals surface area (Å²) in [5.41, 5.74) is 2.70. The van der Waals surface area contributed by atoms with Crippen molar-refractivity contribution in [3.63, 3.8) is 0 Å². The number of nitrogen functional groups attached to an aromatic ring is 1. The highest BCUT2D eigenvalue weighted by Crippen LogP contribution is 2.12. The van der Waals surface area contributed by atoms with E-state index in [1.54, 1.807) is 6.07 Å². The van der Waals surface area contributed by atoms with Crippen LogP contribution in [0.4, 0.5) is 0 Å². The fourth-order valence-corrected chi connectivity index (χ4v) is 0.971. The molecule has 0 aliphatic carbocycles. The van der Waals surface area contributed by atoms with E-state index in [0.717, 1.165) is 0 Å². The van der Waals surface area contributed by atoms with Crippen molar-refractivity contribution in [3.8, 4) is 0 Å². The van der Waals surface area contributed by atoms with Gasteiger partial charge in [0, 0.05) is 5.56 Å². The number of hydrogen-bond acceptors (Lipinski definition) is 4. The molecule has 1 rings (SSSR count). The van der Waals surface area contributed by atoms with Crippen molar-refractivity contribution in [2.75, 3.05) is 0 Å². The summed E-state index contributed by atoms with van der Waals surface area (Å²) in [6, 6.07) is 1.69. The van der Waals surface area contributed by atoms with Gasteiger partial charge in [0.1, 0.15) is 0 Å². The first-order valence-corrected chi connectivity index (χ1v) is 4.34. The Morgan fingerprint density at radius 3 is 3.00 bits per heavy atom. The summed E-state index contributed by atoms with van der Waals surface area (Å²) < 4.78 is 10.3. The van der Waals surface area contributed by atoms with Gasteiger partial charge in [-0.25, -0.2) is 5.84 Å². The van der Waals surface area contributed by atoms with Gasteiger partial charge in [-0.2, -0.15) is 0 Å². The molecule has 14 heavy (non-hydrogen) atoms. The van der Waals surface area contributed by atoms with Crippen LogP contribution in [0.25, 0.3) is 0 Å². The molecule has 1 heterocycles. The maximum absolute atomic E-state index is 11.2. The summed E-state index contributed by atoms with van der Waals surface area (Å²) in [4.78, 5) is 11.2. The summed E-state index contributed by atoms with van der Waals surface area (Å²) in [7, 11) is 0. The van der Waals surface area contributed by atoms with Crippen molar-refractivity contribution in [2.24, 2.45) is 5.84 Å². The van der Waals surface area contributed by atoms with E-state index in [2.05, 4.69) is 0 Å². The number of ether oxygens (including phenoxy) is 1. The highest BCUT2D eigenvalue weighted by Gasteiger charge is 2.14.